The highest BCUT2D eigenvalue weighted by Crippen LogP contribution is 2.29. The van der Waals surface area contributed by atoms with Crippen molar-refractivity contribution < 1.29 is 4.74 Å². The number of anilines is 1. The Labute approximate surface area is 202 Å². The first kappa shape index (κ1) is 24.0. The van der Waals surface area contributed by atoms with Crippen LogP contribution in [0.4, 0.5) is 5.69 Å². The van der Waals surface area contributed by atoms with Crippen LogP contribution in [0.3, 0.4) is 0 Å². The summed E-state index contributed by atoms with van der Waals surface area (Å²) in [6.45, 7) is 5.16. The summed E-state index contributed by atoms with van der Waals surface area (Å²) in [5.74, 6) is 1.77. The predicted octanol–water partition coefficient (Wildman–Crippen LogP) is 3.83. The van der Waals surface area contributed by atoms with Gasteiger partial charge in [-0.05, 0) is 57.0 Å². The zero-order valence-electron chi connectivity index (χ0n) is 19.9. The van der Waals surface area contributed by atoms with Crippen LogP contribution in [0.5, 0.6) is 5.75 Å². The van der Waals surface area contributed by atoms with E-state index in [-0.39, 0.29) is 6.29 Å². The SMILES string of the molecule is CCN1CCCC1CN=C1N=C(N)N(C2CCCCCC2)C(Nc2ccc(OC)c(Cl)c2)N1. The molecule has 1 aromatic carbocycles. The molecule has 182 valence electrons. The molecule has 1 saturated carbocycles. The summed E-state index contributed by atoms with van der Waals surface area (Å²) < 4.78 is 5.30. The molecule has 2 unspecified atom stereocenters. The van der Waals surface area contributed by atoms with Crippen LogP contribution in [0.2, 0.25) is 5.02 Å². The number of nitrogens with one attached hydrogen (secondary N) is 2. The van der Waals surface area contributed by atoms with E-state index in [1.54, 1.807) is 7.11 Å². The Balaban J connectivity index is 1.56. The maximum absolute atomic E-state index is 6.57. The lowest BCUT2D eigenvalue weighted by Crippen LogP contribution is -2.63. The third kappa shape index (κ3) is 5.84. The molecule has 9 heteroatoms. The van der Waals surface area contributed by atoms with Crippen LogP contribution in [-0.4, -0.2) is 66.8 Å². The first-order valence-corrected chi connectivity index (χ1v) is 12.7. The molecular formula is C24H38ClN7O. The Bertz CT molecular complexity index is 853. The van der Waals surface area contributed by atoms with Gasteiger partial charge in [-0.25, -0.2) is 4.99 Å². The average Bonchev–Trinajstić information content (AvgIpc) is 3.10. The number of nitrogens with two attached hydrogens (primary N) is 1. The van der Waals surface area contributed by atoms with Gasteiger partial charge in [0.2, 0.25) is 11.9 Å². The van der Waals surface area contributed by atoms with Crippen LogP contribution in [0, 0.1) is 0 Å². The van der Waals surface area contributed by atoms with Crippen molar-refractivity contribution in [3.63, 3.8) is 0 Å². The fourth-order valence-electron chi connectivity index (χ4n) is 5.27. The van der Waals surface area contributed by atoms with Crippen molar-refractivity contribution in [2.24, 2.45) is 15.7 Å². The van der Waals surface area contributed by atoms with Crippen molar-refractivity contribution >= 4 is 29.2 Å². The number of ether oxygens (including phenoxy) is 1. The molecule has 0 amide bonds. The van der Waals surface area contributed by atoms with E-state index >= 15 is 0 Å². The minimum Gasteiger partial charge on any atom is -0.495 e. The lowest BCUT2D eigenvalue weighted by atomic mass is 10.1. The van der Waals surface area contributed by atoms with Crippen LogP contribution in [0.15, 0.2) is 28.2 Å². The number of guanidine groups is 2. The minimum atomic E-state index is -0.250. The number of likely N-dealkylation sites (tertiary alicyclic amines) is 1. The Hall–Kier alpha value is -2.19. The molecular weight excluding hydrogens is 438 g/mol. The first-order chi connectivity index (χ1) is 16.1. The Kier molecular flexibility index (Phi) is 8.20. The average molecular weight is 476 g/mol. The van der Waals surface area contributed by atoms with E-state index in [2.05, 4.69) is 32.3 Å². The molecule has 4 rings (SSSR count). The smallest absolute Gasteiger partial charge is 0.224 e. The van der Waals surface area contributed by atoms with Gasteiger partial charge in [-0.1, -0.05) is 44.2 Å². The Morgan fingerprint density at radius 2 is 2.00 bits per heavy atom. The molecule has 1 saturated heterocycles. The van der Waals surface area contributed by atoms with Crippen LogP contribution in [-0.2, 0) is 0 Å². The molecule has 0 spiro atoms. The summed E-state index contributed by atoms with van der Waals surface area (Å²) in [6.07, 6.45) is 9.38. The number of likely N-dealkylation sites (N-methyl/N-ethyl adjacent to an activating group) is 1. The highest BCUT2D eigenvalue weighted by molar-refractivity contribution is 6.32. The fourth-order valence-corrected chi connectivity index (χ4v) is 5.52. The molecule has 2 fully saturated rings. The molecule has 2 aliphatic heterocycles. The van der Waals surface area contributed by atoms with Gasteiger partial charge in [0.25, 0.3) is 0 Å². The van der Waals surface area contributed by atoms with Gasteiger partial charge in [0.05, 0.1) is 18.7 Å². The second kappa shape index (κ2) is 11.3. The highest BCUT2D eigenvalue weighted by Gasteiger charge is 2.33. The van der Waals surface area contributed by atoms with Gasteiger partial charge in [0, 0.05) is 17.8 Å². The summed E-state index contributed by atoms with van der Waals surface area (Å²) in [7, 11) is 1.62. The third-order valence-electron chi connectivity index (χ3n) is 7.06. The van der Waals surface area contributed by atoms with Crippen LogP contribution >= 0.6 is 11.6 Å². The van der Waals surface area contributed by atoms with Gasteiger partial charge in [0.1, 0.15) is 5.75 Å². The molecule has 1 aromatic rings. The fraction of sp³-hybridized carbons (Fsp3) is 0.667. The maximum Gasteiger partial charge on any atom is 0.224 e. The zero-order valence-corrected chi connectivity index (χ0v) is 20.7. The standard InChI is InChI=1S/C24H38ClN7O/c1-3-31-14-8-11-19(31)16-27-23-29-22(26)32(18-9-6-4-5-7-10-18)24(30-23)28-17-12-13-21(33-2)20(25)15-17/h12-13,15,18-19,24,28H,3-11,14,16H2,1-2H3,(H3,26,27,29,30). The van der Waals surface area contributed by atoms with Gasteiger partial charge >= 0.3 is 0 Å². The Morgan fingerprint density at radius 1 is 1.21 bits per heavy atom. The number of aliphatic imine (C=N–C) groups is 2. The molecule has 2 heterocycles. The molecule has 1 aliphatic carbocycles. The molecule has 33 heavy (non-hydrogen) atoms. The topological polar surface area (TPSA) is 90.5 Å². The molecule has 8 nitrogen and oxygen atoms in total. The highest BCUT2D eigenvalue weighted by atomic mass is 35.5. The van der Waals surface area contributed by atoms with Crippen molar-refractivity contribution in [3.8, 4) is 5.75 Å². The third-order valence-corrected chi connectivity index (χ3v) is 7.35. The van der Waals surface area contributed by atoms with E-state index in [1.165, 1.54) is 38.5 Å². The summed E-state index contributed by atoms with van der Waals surface area (Å²) in [4.78, 5) is 14.2. The van der Waals surface area contributed by atoms with Gasteiger partial charge < -0.3 is 26.0 Å². The monoisotopic (exact) mass is 475 g/mol. The van der Waals surface area contributed by atoms with E-state index < -0.39 is 0 Å². The summed E-state index contributed by atoms with van der Waals surface area (Å²) in [5, 5.41) is 7.65. The van der Waals surface area contributed by atoms with Gasteiger partial charge in [0.15, 0.2) is 6.29 Å². The van der Waals surface area contributed by atoms with Crippen molar-refractivity contribution in [3.05, 3.63) is 23.2 Å². The van der Waals surface area contributed by atoms with Crippen molar-refractivity contribution in [1.29, 1.82) is 0 Å². The van der Waals surface area contributed by atoms with Crippen molar-refractivity contribution in [1.82, 2.24) is 15.1 Å². The lowest BCUT2D eigenvalue weighted by molar-refractivity contribution is 0.213. The number of nitrogens with zero attached hydrogens (tertiary/aromatic N) is 4. The van der Waals surface area contributed by atoms with E-state index in [4.69, 9.17) is 27.1 Å². The summed E-state index contributed by atoms with van der Waals surface area (Å²) in [5.41, 5.74) is 7.45. The maximum atomic E-state index is 6.57. The number of hydrogen-bond acceptors (Lipinski definition) is 6. The van der Waals surface area contributed by atoms with Crippen molar-refractivity contribution in [2.45, 2.75) is 76.7 Å². The molecule has 0 aromatic heterocycles. The summed E-state index contributed by atoms with van der Waals surface area (Å²) in [6, 6.07) is 6.53. The lowest BCUT2D eigenvalue weighted by Gasteiger charge is -2.42. The number of methoxy groups -OCH3 is 1. The minimum absolute atomic E-state index is 0.250. The first-order valence-electron chi connectivity index (χ1n) is 12.4. The van der Waals surface area contributed by atoms with E-state index in [0.29, 0.717) is 34.8 Å². The van der Waals surface area contributed by atoms with Gasteiger partial charge in [-0.3, -0.25) is 4.90 Å². The molecule has 2 atom stereocenters. The van der Waals surface area contributed by atoms with E-state index in [1.807, 2.05) is 18.2 Å². The molecule has 0 bridgehead atoms. The molecule has 4 N–H and O–H groups in total. The number of halogens is 1. The second-order valence-electron chi connectivity index (χ2n) is 9.15. The zero-order chi connectivity index (χ0) is 23.2. The van der Waals surface area contributed by atoms with E-state index in [0.717, 1.165) is 38.2 Å². The van der Waals surface area contributed by atoms with Crippen molar-refractivity contribution in [2.75, 3.05) is 32.1 Å². The number of benzene rings is 1. The summed E-state index contributed by atoms with van der Waals surface area (Å²) >= 11 is 6.39. The number of rotatable bonds is 7. The quantitative estimate of drug-likeness (QED) is 0.519. The van der Waals surface area contributed by atoms with Crippen LogP contribution in [0.25, 0.3) is 0 Å². The Morgan fingerprint density at radius 3 is 2.70 bits per heavy atom. The largest absolute Gasteiger partial charge is 0.495 e. The van der Waals surface area contributed by atoms with Gasteiger partial charge in [-0.2, -0.15) is 4.99 Å². The second-order valence-corrected chi connectivity index (χ2v) is 9.56. The normalized spacial score (nSPS) is 26.1. The molecule has 0 radical (unpaired) electrons. The van der Waals surface area contributed by atoms with Crippen LogP contribution in [0.1, 0.15) is 58.3 Å². The van der Waals surface area contributed by atoms with E-state index in [9.17, 15) is 0 Å². The predicted molar refractivity (Wildman–Crippen MR) is 136 cm³/mol. The van der Waals surface area contributed by atoms with Crippen LogP contribution < -0.4 is 21.1 Å². The number of hydrogen-bond donors (Lipinski definition) is 3. The van der Waals surface area contributed by atoms with Gasteiger partial charge in [-0.15, -0.1) is 0 Å². The molecule has 3 aliphatic rings.